The number of amides is 1. The number of nitrogens with zero attached hydrogens (tertiary/aromatic N) is 1. The molecule has 0 saturated heterocycles. The van der Waals surface area contributed by atoms with Gasteiger partial charge in [0, 0.05) is 12.6 Å². The highest BCUT2D eigenvalue weighted by Crippen LogP contribution is 2.39. The molecule has 0 bridgehead atoms. The van der Waals surface area contributed by atoms with Crippen LogP contribution < -0.4 is 5.73 Å². The molecule has 2 saturated carbocycles. The summed E-state index contributed by atoms with van der Waals surface area (Å²) in [5.41, 5.74) is 5.28. The molecule has 2 aliphatic carbocycles. The lowest BCUT2D eigenvalue weighted by Gasteiger charge is -2.35. The molecule has 18 heavy (non-hydrogen) atoms. The monoisotopic (exact) mass is 268 g/mol. The minimum absolute atomic E-state index is 0.189. The van der Waals surface area contributed by atoms with E-state index in [0.717, 1.165) is 25.3 Å². The summed E-state index contributed by atoms with van der Waals surface area (Å²) in [5.74, 6) is 0.918. The van der Waals surface area contributed by atoms with Crippen molar-refractivity contribution in [1.82, 2.24) is 4.90 Å². The standard InChI is InChI=1S/C14H24N2OS/c1-3-14(4-2,12(15)18)13(17)16(11-7-8-11)9-10-5-6-10/h10-11H,3-9H2,1-2H3,(H2,15,18). The summed E-state index contributed by atoms with van der Waals surface area (Å²) >= 11 is 5.19. The SMILES string of the molecule is CCC(CC)(C(=O)N(CC1CC1)C1CC1)C(N)=S. The van der Waals surface area contributed by atoms with Crippen molar-refractivity contribution in [3.63, 3.8) is 0 Å². The summed E-state index contributed by atoms with van der Waals surface area (Å²) in [6.07, 6.45) is 6.28. The summed E-state index contributed by atoms with van der Waals surface area (Å²) in [6, 6.07) is 0.463. The van der Waals surface area contributed by atoms with Gasteiger partial charge in [0.2, 0.25) is 5.91 Å². The van der Waals surface area contributed by atoms with Crippen LogP contribution in [0.2, 0.25) is 0 Å². The summed E-state index contributed by atoms with van der Waals surface area (Å²) in [4.78, 5) is 15.3. The zero-order valence-electron chi connectivity index (χ0n) is 11.4. The van der Waals surface area contributed by atoms with Crippen LogP contribution in [0.4, 0.5) is 0 Å². The van der Waals surface area contributed by atoms with E-state index in [4.69, 9.17) is 18.0 Å². The van der Waals surface area contributed by atoms with Crippen molar-refractivity contribution in [1.29, 1.82) is 0 Å². The highest BCUT2D eigenvalue weighted by atomic mass is 32.1. The summed E-state index contributed by atoms with van der Waals surface area (Å²) in [5, 5.41) is 0. The molecule has 102 valence electrons. The number of hydrogen-bond acceptors (Lipinski definition) is 2. The van der Waals surface area contributed by atoms with E-state index < -0.39 is 5.41 Å². The van der Waals surface area contributed by atoms with Gasteiger partial charge in [-0.3, -0.25) is 4.79 Å². The first-order chi connectivity index (χ1) is 8.55. The lowest BCUT2D eigenvalue weighted by Crippen LogP contribution is -2.51. The first-order valence-corrected chi connectivity index (χ1v) is 7.57. The van der Waals surface area contributed by atoms with E-state index in [1.165, 1.54) is 12.8 Å². The predicted octanol–water partition coefficient (Wildman–Crippen LogP) is 2.48. The van der Waals surface area contributed by atoms with Crippen LogP contribution in [0.3, 0.4) is 0 Å². The molecule has 0 heterocycles. The molecule has 0 radical (unpaired) electrons. The first kappa shape index (κ1) is 13.8. The fourth-order valence-corrected chi connectivity index (χ4v) is 3.02. The van der Waals surface area contributed by atoms with Gasteiger partial charge < -0.3 is 10.6 Å². The zero-order chi connectivity index (χ0) is 13.3. The number of rotatable bonds is 7. The number of carbonyl (C=O) groups excluding carboxylic acids is 1. The second-order valence-corrected chi connectivity index (χ2v) is 6.23. The van der Waals surface area contributed by atoms with Gasteiger partial charge in [-0.25, -0.2) is 0 Å². The van der Waals surface area contributed by atoms with E-state index in [1.807, 2.05) is 13.8 Å². The first-order valence-electron chi connectivity index (χ1n) is 7.16. The third-order valence-corrected chi connectivity index (χ3v) is 4.88. The molecule has 0 spiro atoms. The zero-order valence-corrected chi connectivity index (χ0v) is 12.3. The van der Waals surface area contributed by atoms with Gasteiger partial charge in [-0.15, -0.1) is 0 Å². The van der Waals surface area contributed by atoms with Crippen LogP contribution in [0.15, 0.2) is 0 Å². The van der Waals surface area contributed by atoms with Crippen molar-refractivity contribution in [2.45, 2.75) is 58.4 Å². The Bertz CT molecular complexity index is 344. The number of nitrogens with two attached hydrogens (primary N) is 1. The maximum Gasteiger partial charge on any atom is 0.235 e. The molecule has 0 aromatic rings. The van der Waals surface area contributed by atoms with E-state index in [-0.39, 0.29) is 5.91 Å². The van der Waals surface area contributed by atoms with Crippen molar-refractivity contribution in [2.75, 3.05) is 6.54 Å². The number of hydrogen-bond donors (Lipinski definition) is 1. The number of thiocarbonyl (C=S) groups is 1. The van der Waals surface area contributed by atoms with Gasteiger partial charge in [-0.1, -0.05) is 26.1 Å². The smallest absolute Gasteiger partial charge is 0.235 e. The van der Waals surface area contributed by atoms with E-state index in [2.05, 4.69) is 4.90 Å². The van der Waals surface area contributed by atoms with E-state index >= 15 is 0 Å². The van der Waals surface area contributed by atoms with Crippen molar-refractivity contribution in [2.24, 2.45) is 17.1 Å². The lowest BCUT2D eigenvalue weighted by atomic mass is 9.80. The van der Waals surface area contributed by atoms with Gasteiger partial charge in [0.15, 0.2) is 0 Å². The van der Waals surface area contributed by atoms with Crippen LogP contribution in [-0.4, -0.2) is 28.4 Å². The van der Waals surface area contributed by atoms with Crippen LogP contribution in [0.25, 0.3) is 0 Å². The van der Waals surface area contributed by atoms with Crippen LogP contribution in [0.1, 0.15) is 52.4 Å². The molecule has 2 rings (SSSR count). The molecule has 0 aromatic heterocycles. The number of carbonyl (C=O) groups is 1. The van der Waals surface area contributed by atoms with Gasteiger partial charge in [-0.05, 0) is 44.4 Å². The van der Waals surface area contributed by atoms with Crippen molar-refractivity contribution in [3.05, 3.63) is 0 Å². The Morgan fingerprint density at radius 2 is 1.83 bits per heavy atom. The van der Waals surface area contributed by atoms with Gasteiger partial charge in [0.1, 0.15) is 0 Å². The summed E-state index contributed by atoms with van der Waals surface area (Å²) < 4.78 is 0. The second kappa shape index (κ2) is 5.16. The van der Waals surface area contributed by atoms with Gasteiger partial charge in [0.25, 0.3) is 0 Å². The van der Waals surface area contributed by atoms with Crippen LogP contribution in [0, 0.1) is 11.3 Å². The predicted molar refractivity (Wildman–Crippen MR) is 77.3 cm³/mol. The maximum atomic E-state index is 12.9. The minimum atomic E-state index is -0.604. The van der Waals surface area contributed by atoms with E-state index in [1.54, 1.807) is 0 Å². The highest BCUT2D eigenvalue weighted by molar-refractivity contribution is 7.80. The van der Waals surface area contributed by atoms with E-state index in [9.17, 15) is 4.79 Å². The molecule has 2 N–H and O–H groups in total. The van der Waals surface area contributed by atoms with Crippen LogP contribution >= 0.6 is 12.2 Å². The Hall–Kier alpha value is -0.640. The molecule has 0 aliphatic heterocycles. The third kappa shape index (κ3) is 2.53. The Kier molecular flexibility index (Phi) is 3.95. The van der Waals surface area contributed by atoms with Crippen molar-refractivity contribution in [3.8, 4) is 0 Å². The molecule has 2 fully saturated rings. The molecule has 0 unspecified atom stereocenters. The minimum Gasteiger partial charge on any atom is -0.392 e. The van der Waals surface area contributed by atoms with E-state index in [0.29, 0.717) is 23.9 Å². The Morgan fingerprint density at radius 1 is 1.28 bits per heavy atom. The maximum absolute atomic E-state index is 12.9. The summed E-state index contributed by atoms with van der Waals surface area (Å²) in [6.45, 7) is 4.96. The molecule has 2 aliphatic rings. The molecule has 0 atom stereocenters. The van der Waals surface area contributed by atoms with Gasteiger partial charge in [0.05, 0.1) is 10.4 Å². The highest BCUT2D eigenvalue weighted by Gasteiger charge is 2.46. The fourth-order valence-electron chi connectivity index (χ4n) is 2.64. The van der Waals surface area contributed by atoms with Crippen LogP contribution in [-0.2, 0) is 4.79 Å². The Morgan fingerprint density at radius 3 is 2.17 bits per heavy atom. The second-order valence-electron chi connectivity index (χ2n) is 5.79. The molecule has 4 heteroatoms. The largest absolute Gasteiger partial charge is 0.392 e. The Labute approximate surface area is 115 Å². The average Bonchev–Trinajstić information content (AvgIpc) is 3.20. The molecular weight excluding hydrogens is 244 g/mol. The fraction of sp³-hybridized carbons (Fsp3) is 0.857. The lowest BCUT2D eigenvalue weighted by molar-refractivity contribution is -0.139. The van der Waals surface area contributed by atoms with Crippen molar-refractivity contribution < 1.29 is 4.79 Å². The van der Waals surface area contributed by atoms with Gasteiger partial charge >= 0.3 is 0 Å². The van der Waals surface area contributed by atoms with Crippen molar-refractivity contribution >= 4 is 23.1 Å². The molecule has 3 nitrogen and oxygen atoms in total. The average molecular weight is 268 g/mol. The summed E-state index contributed by atoms with van der Waals surface area (Å²) in [7, 11) is 0. The van der Waals surface area contributed by atoms with Gasteiger partial charge in [-0.2, -0.15) is 0 Å². The molecular formula is C14H24N2OS. The topological polar surface area (TPSA) is 46.3 Å². The Balaban J connectivity index is 2.15. The molecule has 1 amide bonds. The normalized spacial score (nSPS) is 19.7. The quantitative estimate of drug-likeness (QED) is 0.722. The molecule has 0 aromatic carbocycles. The van der Waals surface area contributed by atoms with Crippen LogP contribution in [0.5, 0.6) is 0 Å². The third-order valence-electron chi connectivity index (χ3n) is 4.49.